The molecule has 0 aliphatic heterocycles. The van der Waals surface area contributed by atoms with Gasteiger partial charge in [0, 0.05) is 6.92 Å². The number of rotatable bonds is 3. The van der Waals surface area contributed by atoms with Gasteiger partial charge in [-0.25, -0.2) is 4.79 Å². The van der Waals surface area contributed by atoms with Gasteiger partial charge in [0.15, 0.2) is 0 Å². The van der Waals surface area contributed by atoms with E-state index < -0.39 is 12.0 Å². The summed E-state index contributed by atoms with van der Waals surface area (Å²) in [4.78, 5) is 20.6. The van der Waals surface area contributed by atoms with Crippen molar-refractivity contribution in [3.8, 4) is 0 Å². The molecule has 2 N–H and O–H groups in total. The zero-order valence-corrected chi connectivity index (χ0v) is 10.0. The molecule has 0 aromatic rings. The topological polar surface area (TPSA) is 66.4 Å². The zero-order chi connectivity index (χ0) is 12.1. The molecular weight excluding hydrogens is 182 g/mol. The summed E-state index contributed by atoms with van der Waals surface area (Å²) >= 11 is 0. The fourth-order valence-corrected chi connectivity index (χ4v) is 0.584. The van der Waals surface area contributed by atoms with E-state index in [0.717, 1.165) is 0 Å². The van der Waals surface area contributed by atoms with Crippen LogP contribution in [0.25, 0.3) is 0 Å². The quantitative estimate of drug-likeness (QED) is 0.741. The second-order valence-corrected chi connectivity index (χ2v) is 2.00. The monoisotopic (exact) mass is 205 g/mol. The normalized spacial score (nSPS) is 9.57. The van der Waals surface area contributed by atoms with Crippen LogP contribution in [0.4, 0.5) is 0 Å². The first-order chi connectivity index (χ1) is 6.57. The average molecular weight is 205 g/mol. The molecule has 0 saturated carbocycles. The molecule has 0 spiro atoms. The van der Waals surface area contributed by atoms with Crippen molar-refractivity contribution in [1.82, 2.24) is 5.32 Å². The maximum Gasteiger partial charge on any atom is 0.326 e. The highest BCUT2D eigenvalue weighted by Gasteiger charge is 2.14. The third kappa shape index (κ3) is 13.5. The van der Waals surface area contributed by atoms with Gasteiger partial charge in [-0.2, -0.15) is 0 Å². The number of aliphatic carboxylic acids is 1. The summed E-state index contributed by atoms with van der Waals surface area (Å²) in [7, 11) is 0. The number of carbonyl (C=O) groups is 2. The van der Waals surface area contributed by atoms with Gasteiger partial charge in [0.1, 0.15) is 6.04 Å². The first-order valence-corrected chi connectivity index (χ1v) is 5.07. The Kier molecular flexibility index (Phi) is 19.3. The second kappa shape index (κ2) is 14.5. The number of hydrogen-bond acceptors (Lipinski definition) is 2. The molecule has 0 aliphatic rings. The van der Waals surface area contributed by atoms with E-state index in [1.165, 1.54) is 6.92 Å². The lowest BCUT2D eigenvalue weighted by Gasteiger charge is -2.08. The van der Waals surface area contributed by atoms with Crippen molar-refractivity contribution in [3.63, 3.8) is 0 Å². The Morgan fingerprint density at radius 1 is 1.21 bits per heavy atom. The van der Waals surface area contributed by atoms with Gasteiger partial charge in [0.25, 0.3) is 0 Å². The van der Waals surface area contributed by atoms with Crippen LogP contribution in [0.1, 0.15) is 48.0 Å². The minimum absolute atomic E-state index is 0.311. The van der Waals surface area contributed by atoms with Gasteiger partial charge in [-0.15, -0.1) is 0 Å². The van der Waals surface area contributed by atoms with Gasteiger partial charge in [-0.3, -0.25) is 4.79 Å². The lowest BCUT2D eigenvalue weighted by molar-refractivity contribution is -0.141. The first kappa shape index (κ1) is 18.7. The van der Waals surface area contributed by atoms with Gasteiger partial charge in [-0.1, -0.05) is 34.6 Å². The smallest absolute Gasteiger partial charge is 0.326 e. The van der Waals surface area contributed by atoms with Crippen molar-refractivity contribution < 1.29 is 14.7 Å². The predicted molar refractivity (Wildman–Crippen MR) is 58.2 cm³/mol. The van der Waals surface area contributed by atoms with Gasteiger partial charge in [0.2, 0.25) is 5.91 Å². The Labute approximate surface area is 86.7 Å². The van der Waals surface area contributed by atoms with Crippen LogP contribution < -0.4 is 5.32 Å². The van der Waals surface area contributed by atoms with Crippen LogP contribution in [0, 0.1) is 0 Å². The van der Waals surface area contributed by atoms with Crippen molar-refractivity contribution >= 4 is 11.9 Å². The molecule has 1 atom stereocenters. The highest BCUT2D eigenvalue weighted by Crippen LogP contribution is 1.89. The molecule has 4 nitrogen and oxygen atoms in total. The number of carbonyl (C=O) groups excluding carboxylic acids is 1. The van der Waals surface area contributed by atoms with Crippen molar-refractivity contribution in [1.29, 1.82) is 0 Å². The lowest BCUT2D eigenvalue weighted by atomic mass is 10.2. The minimum Gasteiger partial charge on any atom is -0.480 e. The summed E-state index contributed by atoms with van der Waals surface area (Å²) in [6.45, 7) is 11.0. The van der Waals surface area contributed by atoms with Gasteiger partial charge >= 0.3 is 5.97 Å². The Balaban J connectivity index is -0.000000266. The van der Waals surface area contributed by atoms with Gasteiger partial charge < -0.3 is 10.4 Å². The molecule has 0 heterocycles. The third-order valence-corrected chi connectivity index (χ3v) is 1.08. The summed E-state index contributed by atoms with van der Waals surface area (Å²) < 4.78 is 0. The van der Waals surface area contributed by atoms with Crippen LogP contribution in [0.3, 0.4) is 0 Å². The molecule has 0 rings (SSSR count). The summed E-state index contributed by atoms with van der Waals surface area (Å²) in [5.41, 5.74) is 0. The highest BCUT2D eigenvalue weighted by atomic mass is 16.4. The van der Waals surface area contributed by atoms with Crippen LogP contribution in [0.15, 0.2) is 0 Å². The molecule has 14 heavy (non-hydrogen) atoms. The molecule has 0 saturated heterocycles. The van der Waals surface area contributed by atoms with Gasteiger partial charge in [0.05, 0.1) is 0 Å². The lowest BCUT2D eigenvalue weighted by Crippen LogP contribution is -2.38. The first-order valence-electron chi connectivity index (χ1n) is 5.07. The molecule has 0 bridgehead atoms. The van der Waals surface area contributed by atoms with Crippen LogP contribution in [-0.4, -0.2) is 23.0 Å². The third-order valence-electron chi connectivity index (χ3n) is 1.08. The number of carboxylic acids is 1. The Morgan fingerprint density at radius 3 is 1.64 bits per heavy atom. The van der Waals surface area contributed by atoms with E-state index in [1.54, 1.807) is 6.92 Å². The number of hydrogen-bond donors (Lipinski definition) is 2. The molecule has 0 aliphatic carbocycles. The Morgan fingerprint density at radius 2 is 1.57 bits per heavy atom. The van der Waals surface area contributed by atoms with E-state index >= 15 is 0 Å². The minimum atomic E-state index is -0.988. The van der Waals surface area contributed by atoms with E-state index in [0.29, 0.717) is 6.42 Å². The highest BCUT2D eigenvalue weighted by molar-refractivity contribution is 5.81. The maximum absolute atomic E-state index is 10.3. The molecule has 1 amide bonds. The number of nitrogens with one attached hydrogen (secondary N) is 1. The molecular formula is C10H23NO3. The van der Waals surface area contributed by atoms with Crippen molar-refractivity contribution in [3.05, 3.63) is 0 Å². The molecule has 86 valence electrons. The summed E-state index contributed by atoms with van der Waals surface area (Å²) in [5.74, 6) is -1.30. The molecule has 4 heteroatoms. The van der Waals surface area contributed by atoms with E-state index in [-0.39, 0.29) is 5.91 Å². The maximum atomic E-state index is 10.3. The molecule has 0 radical (unpaired) electrons. The van der Waals surface area contributed by atoms with Crippen molar-refractivity contribution in [2.45, 2.75) is 54.0 Å². The summed E-state index contributed by atoms with van der Waals surface area (Å²) in [6.07, 6.45) is 0.412. The fourth-order valence-electron chi connectivity index (χ4n) is 0.584. The Bertz CT molecular complexity index is 146. The molecule has 1 unspecified atom stereocenters. The van der Waals surface area contributed by atoms with Crippen LogP contribution in [0.5, 0.6) is 0 Å². The standard InChI is InChI=1S/C6H11NO3.2C2H6/c1-3-5(6(9)10)7-4(2)8;2*1-2/h5H,3H2,1-2H3,(H,7,8)(H,9,10);2*1-2H3. The van der Waals surface area contributed by atoms with Crippen LogP contribution in [-0.2, 0) is 9.59 Å². The fraction of sp³-hybridized carbons (Fsp3) is 0.800. The molecule has 0 aromatic carbocycles. The van der Waals surface area contributed by atoms with Crippen molar-refractivity contribution in [2.75, 3.05) is 0 Å². The zero-order valence-electron chi connectivity index (χ0n) is 10.0. The van der Waals surface area contributed by atoms with Gasteiger partial charge in [-0.05, 0) is 6.42 Å². The van der Waals surface area contributed by atoms with E-state index in [1.807, 2.05) is 27.7 Å². The van der Waals surface area contributed by atoms with E-state index in [9.17, 15) is 9.59 Å². The molecule has 0 aromatic heterocycles. The summed E-state index contributed by atoms with van der Waals surface area (Å²) in [6, 6.07) is -0.738. The average Bonchev–Trinajstić information content (AvgIpc) is 2.19. The predicted octanol–water partition coefficient (Wildman–Crippen LogP) is 2.04. The molecule has 0 fully saturated rings. The largest absolute Gasteiger partial charge is 0.480 e. The summed E-state index contributed by atoms with van der Waals surface area (Å²) in [5, 5.41) is 10.7. The van der Waals surface area contributed by atoms with Crippen molar-refractivity contribution in [2.24, 2.45) is 0 Å². The van der Waals surface area contributed by atoms with E-state index in [4.69, 9.17) is 5.11 Å². The number of carboxylic acid groups (broad SMARTS) is 1. The van der Waals surface area contributed by atoms with Crippen LogP contribution in [0.2, 0.25) is 0 Å². The second-order valence-electron chi connectivity index (χ2n) is 2.00. The Hall–Kier alpha value is -1.06. The number of amides is 1. The van der Waals surface area contributed by atoms with Crippen LogP contribution >= 0.6 is 0 Å². The SMILES string of the molecule is CC.CC.CCC(NC(C)=O)C(=O)O. The van der Waals surface area contributed by atoms with E-state index in [2.05, 4.69) is 5.32 Å².